The highest BCUT2D eigenvalue weighted by atomic mass is 32.2. The first kappa shape index (κ1) is 9.95. The molecule has 5 heteroatoms. The Bertz CT molecular complexity index is 218. The number of hydrogen-bond donors (Lipinski definition) is 0. The second kappa shape index (κ2) is 4.20. The molecule has 0 atom stereocenters. The van der Waals surface area contributed by atoms with Gasteiger partial charge in [0.05, 0.1) is 19.5 Å². The average molecular weight is 194 g/mol. The summed E-state index contributed by atoms with van der Waals surface area (Å²) in [5.41, 5.74) is 0. The fraction of sp³-hybridized carbons (Fsp3) is 1.00. The second-order valence-corrected chi connectivity index (χ2v) is 4.69. The van der Waals surface area contributed by atoms with Gasteiger partial charge in [0.1, 0.15) is 0 Å². The van der Waals surface area contributed by atoms with E-state index < -0.39 is 10.1 Å². The Morgan fingerprint density at radius 2 is 2.00 bits per heavy atom. The van der Waals surface area contributed by atoms with E-state index in [1.807, 2.05) is 0 Å². The van der Waals surface area contributed by atoms with Crippen molar-refractivity contribution in [2.45, 2.75) is 12.8 Å². The summed E-state index contributed by atoms with van der Waals surface area (Å²) < 4.78 is 30.6. The van der Waals surface area contributed by atoms with Crippen molar-refractivity contribution in [3.63, 3.8) is 0 Å². The molecule has 0 aliphatic heterocycles. The van der Waals surface area contributed by atoms with Crippen molar-refractivity contribution in [3.05, 3.63) is 0 Å². The maximum atomic E-state index is 10.5. The molecule has 0 aromatic rings. The standard InChI is InChI=1S/C7H14O4S/c1-12(8,9)11-5-4-10-6-7-2-3-7/h7H,2-6H2,1H3. The molecule has 1 aliphatic carbocycles. The minimum absolute atomic E-state index is 0.131. The topological polar surface area (TPSA) is 52.6 Å². The Morgan fingerprint density at radius 1 is 1.33 bits per heavy atom. The van der Waals surface area contributed by atoms with Crippen LogP contribution in [0.3, 0.4) is 0 Å². The molecule has 0 bridgehead atoms. The van der Waals surface area contributed by atoms with Gasteiger partial charge in [0.15, 0.2) is 0 Å². The van der Waals surface area contributed by atoms with Gasteiger partial charge in [0, 0.05) is 6.61 Å². The zero-order chi connectivity index (χ0) is 9.03. The fourth-order valence-electron chi connectivity index (χ4n) is 0.779. The molecule has 1 fully saturated rings. The minimum Gasteiger partial charge on any atom is -0.379 e. The van der Waals surface area contributed by atoms with Gasteiger partial charge in [-0.1, -0.05) is 0 Å². The van der Waals surface area contributed by atoms with Crippen LogP contribution in [0.4, 0.5) is 0 Å². The predicted molar refractivity (Wildman–Crippen MR) is 44.3 cm³/mol. The molecule has 0 amide bonds. The molecule has 0 radical (unpaired) electrons. The van der Waals surface area contributed by atoms with Crippen LogP contribution in [-0.2, 0) is 19.0 Å². The van der Waals surface area contributed by atoms with Crippen molar-refractivity contribution in [1.82, 2.24) is 0 Å². The summed E-state index contributed by atoms with van der Waals surface area (Å²) >= 11 is 0. The van der Waals surface area contributed by atoms with Crippen LogP contribution in [0.2, 0.25) is 0 Å². The van der Waals surface area contributed by atoms with Gasteiger partial charge in [0.2, 0.25) is 0 Å². The molecule has 0 unspecified atom stereocenters. The maximum absolute atomic E-state index is 10.5. The maximum Gasteiger partial charge on any atom is 0.264 e. The molecule has 4 nitrogen and oxygen atoms in total. The second-order valence-electron chi connectivity index (χ2n) is 3.04. The van der Waals surface area contributed by atoms with Gasteiger partial charge in [-0.15, -0.1) is 0 Å². The first-order chi connectivity index (χ1) is 5.58. The zero-order valence-corrected chi connectivity index (χ0v) is 7.97. The first-order valence-electron chi connectivity index (χ1n) is 4.00. The van der Waals surface area contributed by atoms with Crippen molar-refractivity contribution in [3.8, 4) is 0 Å². The van der Waals surface area contributed by atoms with E-state index in [-0.39, 0.29) is 6.61 Å². The van der Waals surface area contributed by atoms with Gasteiger partial charge < -0.3 is 4.74 Å². The third kappa shape index (κ3) is 5.51. The Balaban J connectivity index is 1.88. The zero-order valence-electron chi connectivity index (χ0n) is 7.15. The lowest BCUT2D eigenvalue weighted by atomic mass is 10.5. The average Bonchev–Trinajstić information content (AvgIpc) is 2.68. The normalized spacial score (nSPS) is 18.1. The van der Waals surface area contributed by atoms with E-state index in [1.54, 1.807) is 0 Å². The van der Waals surface area contributed by atoms with E-state index in [0.29, 0.717) is 12.5 Å². The van der Waals surface area contributed by atoms with Crippen molar-refractivity contribution < 1.29 is 17.3 Å². The van der Waals surface area contributed by atoms with Crippen molar-refractivity contribution in [2.24, 2.45) is 5.92 Å². The van der Waals surface area contributed by atoms with E-state index in [9.17, 15) is 8.42 Å². The van der Waals surface area contributed by atoms with Crippen LogP contribution >= 0.6 is 0 Å². The third-order valence-corrected chi connectivity index (χ3v) is 2.17. The summed E-state index contributed by atoms with van der Waals surface area (Å²) in [6.07, 6.45) is 3.52. The number of rotatable bonds is 6. The van der Waals surface area contributed by atoms with E-state index in [0.717, 1.165) is 12.9 Å². The highest BCUT2D eigenvalue weighted by Gasteiger charge is 2.20. The molecule has 0 aromatic carbocycles. The van der Waals surface area contributed by atoms with Crippen LogP contribution in [0.5, 0.6) is 0 Å². The van der Waals surface area contributed by atoms with Crippen molar-refractivity contribution >= 4 is 10.1 Å². The predicted octanol–water partition coefficient (Wildman–Crippen LogP) is 0.389. The molecule has 1 rings (SSSR count). The van der Waals surface area contributed by atoms with E-state index in [2.05, 4.69) is 4.18 Å². The van der Waals surface area contributed by atoms with Gasteiger partial charge in [-0.25, -0.2) is 0 Å². The molecule has 0 heterocycles. The van der Waals surface area contributed by atoms with Gasteiger partial charge >= 0.3 is 0 Å². The molecular formula is C7H14O4S. The van der Waals surface area contributed by atoms with E-state index in [4.69, 9.17) is 4.74 Å². The summed E-state index contributed by atoms with van der Waals surface area (Å²) in [5.74, 6) is 0.711. The highest BCUT2D eigenvalue weighted by Crippen LogP contribution is 2.28. The highest BCUT2D eigenvalue weighted by molar-refractivity contribution is 7.85. The van der Waals surface area contributed by atoms with Crippen LogP contribution in [0, 0.1) is 5.92 Å². The van der Waals surface area contributed by atoms with Crippen LogP contribution in [0.25, 0.3) is 0 Å². The van der Waals surface area contributed by atoms with E-state index >= 15 is 0 Å². The third-order valence-electron chi connectivity index (χ3n) is 1.58. The summed E-state index contributed by atoms with van der Waals surface area (Å²) in [6, 6.07) is 0. The largest absolute Gasteiger partial charge is 0.379 e. The summed E-state index contributed by atoms with van der Waals surface area (Å²) in [4.78, 5) is 0. The number of hydrogen-bond acceptors (Lipinski definition) is 4. The molecule has 1 saturated carbocycles. The SMILES string of the molecule is CS(=O)(=O)OCCOCC1CC1. The summed E-state index contributed by atoms with van der Waals surface area (Å²) in [7, 11) is -3.29. The van der Waals surface area contributed by atoms with Gasteiger partial charge in [0.25, 0.3) is 10.1 Å². The van der Waals surface area contributed by atoms with Crippen LogP contribution in [-0.4, -0.2) is 34.5 Å². The molecule has 0 spiro atoms. The van der Waals surface area contributed by atoms with E-state index in [1.165, 1.54) is 12.8 Å². The van der Waals surface area contributed by atoms with Gasteiger partial charge in [-0.2, -0.15) is 8.42 Å². The molecule has 1 aliphatic rings. The Morgan fingerprint density at radius 3 is 2.50 bits per heavy atom. The van der Waals surface area contributed by atoms with Crippen molar-refractivity contribution in [2.75, 3.05) is 26.1 Å². The first-order valence-corrected chi connectivity index (χ1v) is 5.82. The van der Waals surface area contributed by atoms with Crippen LogP contribution in [0.1, 0.15) is 12.8 Å². The van der Waals surface area contributed by atoms with Crippen molar-refractivity contribution in [1.29, 1.82) is 0 Å². The van der Waals surface area contributed by atoms with Crippen LogP contribution < -0.4 is 0 Å². The lowest BCUT2D eigenvalue weighted by Crippen LogP contribution is -2.10. The lowest BCUT2D eigenvalue weighted by molar-refractivity contribution is 0.0949. The fourth-order valence-corrected chi connectivity index (χ4v) is 1.15. The number of ether oxygens (including phenoxy) is 1. The molecule has 0 N–H and O–H groups in total. The molecular weight excluding hydrogens is 180 g/mol. The molecule has 0 saturated heterocycles. The summed E-state index contributed by atoms with van der Waals surface area (Å²) in [5, 5.41) is 0. The van der Waals surface area contributed by atoms with Crippen LogP contribution in [0.15, 0.2) is 0 Å². The molecule has 72 valence electrons. The monoisotopic (exact) mass is 194 g/mol. The lowest BCUT2D eigenvalue weighted by Gasteiger charge is -2.02. The smallest absolute Gasteiger partial charge is 0.264 e. The van der Waals surface area contributed by atoms with Gasteiger partial charge in [-0.3, -0.25) is 4.18 Å². The van der Waals surface area contributed by atoms with Gasteiger partial charge in [-0.05, 0) is 18.8 Å². The molecule has 12 heavy (non-hydrogen) atoms. The Labute approximate surface area is 73.0 Å². The Kier molecular flexibility index (Phi) is 3.49. The molecule has 0 aromatic heterocycles. The minimum atomic E-state index is -3.29. The summed E-state index contributed by atoms with van der Waals surface area (Å²) in [6.45, 7) is 1.24. The quantitative estimate of drug-likeness (QED) is 0.453. The Hall–Kier alpha value is -0.130.